The van der Waals surface area contributed by atoms with Crippen LogP contribution in [0.2, 0.25) is 0 Å². The van der Waals surface area contributed by atoms with E-state index in [0.29, 0.717) is 26.3 Å². The molecule has 0 aliphatic heterocycles. The number of rotatable bonds is 12. The van der Waals surface area contributed by atoms with Crippen molar-refractivity contribution in [3.05, 3.63) is 157 Å². The molecule has 2 amide bonds. The molecule has 0 bridgehead atoms. The van der Waals surface area contributed by atoms with Crippen molar-refractivity contribution in [1.82, 2.24) is 10.6 Å². The van der Waals surface area contributed by atoms with E-state index in [9.17, 15) is 9.59 Å². The quantitative estimate of drug-likeness (QED) is 0.124. The van der Waals surface area contributed by atoms with Gasteiger partial charge in [-0.1, -0.05) is 86.0 Å². The molecule has 2 N–H and O–H groups in total. The van der Waals surface area contributed by atoms with Gasteiger partial charge in [0.15, 0.2) is 0 Å². The third kappa shape index (κ3) is 5.70. The summed E-state index contributed by atoms with van der Waals surface area (Å²) in [4.78, 5) is 23.0. The normalized spacial score (nSPS) is 12.4. The van der Waals surface area contributed by atoms with E-state index in [1.54, 1.807) is 0 Å². The van der Waals surface area contributed by atoms with Crippen molar-refractivity contribution in [3.63, 3.8) is 0 Å². The monoisotopic (exact) mass is 594 g/mol. The van der Waals surface area contributed by atoms with Gasteiger partial charge in [0.25, 0.3) is 0 Å². The Bertz CT molecular complexity index is 1810. The lowest BCUT2D eigenvalue weighted by Crippen LogP contribution is -2.29. The summed E-state index contributed by atoms with van der Waals surface area (Å²) in [5.41, 5.74) is 6.45. The zero-order valence-electron chi connectivity index (χ0n) is 24.9. The molecular weight excluding hydrogens is 560 g/mol. The van der Waals surface area contributed by atoms with Crippen LogP contribution < -0.4 is 20.1 Å². The first-order valence-corrected chi connectivity index (χ1v) is 14.9. The molecule has 6 rings (SSSR count). The lowest BCUT2D eigenvalue weighted by atomic mass is 9.67. The summed E-state index contributed by atoms with van der Waals surface area (Å²) >= 11 is 0. The molecule has 5 aromatic carbocycles. The summed E-state index contributed by atoms with van der Waals surface area (Å²) in [6.45, 7) is 8.43. The SMILES string of the molecule is C=CC(=O)NCCOc1ccc(C2(c3ccc(OCCNC(=O)C=C)cc3)c3ccccc3-c3cc4ccccc4cc32)cc1. The van der Waals surface area contributed by atoms with Crippen LogP contribution in [-0.4, -0.2) is 38.1 Å². The van der Waals surface area contributed by atoms with Crippen LogP contribution in [0.1, 0.15) is 22.3 Å². The Hall–Kier alpha value is -5.62. The van der Waals surface area contributed by atoms with E-state index >= 15 is 0 Å². The van der Waals surface area contributed by atoms with Gasteiger partial charge in [-0.3, -0.25) is 9.59 Å². The van der Waals surface area contributed by atoms with Gasteiger partial charge in [-0.2, -0.15) is 0 Å². The van der Waals surface area contributed by atoms with Gasteiger partial charge >= 0.3 is 0 Å². The summed E-state index contributed by atoms with van der Waals surface area (Å²) in [6.07, 6.45) is 2.49. The van der Waals surface area contributed by atoms with E-state index < -0.39 is 5.41 Å². The minimum Gasteiger partial charge on any atom is -0.492 e. The number of amides is 2. The molecule has 0 heterocycles. The van der Waals surface area contributed by atoms with Crippen LogP contribution in [0.15, 0.2) is 135 Å². The largest absolute Gasteiger partial charge is 0.492 e. The maximum atomic E-state index is 11.5. The fraction of sp³-hybridized carbons (Fsp3) is 0.128. The van der Waals surface area contributed by atoms with Crippen LogP contribution in [0.3, 0.4) is 0 Å². The van der Waals surface area contributed by atoms with Crippen molar-refractivity contribution in [2.75, 3.05) is 26.3 Å². The summed E-state index contributed by atoms with van der Waals surface area (Å²) in [5.74, 6) is 0.994. The lowest BCUT2D eigenvalue weighted by molar-refractivity contribution is -0.117. The molecule has 0 saturated carbocycles. The van der Waals surface area contributed by atoms with E-state index in [4.69, 9.17) is 9.47 Å². The Morgan fingerprint density at radius 3 is 1.62 bits per heavy atom. The Morgan fingerprint density at radius 2 is 1.09 bits per heavy atom. The highest BCUT2D eigenvalue weighted by Gasteiger charge is 2.46. The first kappa shape index (κ1) is 29.5. The Morgan fingerprint density at radius 1 is 0.600 bits per heavy atom. The second-order valence-electron chi connectivity index (χ2n) is 10.8. The van der Waals surface area contributed by atoms with Gasteiger partial charge in [0.05, 0.1) is 18.5 Å². The molecule has 0 radical (unpaired) electrons. The molecule has 0 saturated heterocycles. The van der Waals surface area contributed by atoms with E-state index in [1.807, 2.05) is 24.3 Å². The molecule has 0 unspecified atom stereocenters. The molecule has 1 aliphatic rings. The average molecular weight is 595 g/mol. The molecule has 6 nitrogen and oxygen atoms in total. The van der Waals surface area contributed by atoms with Crippen molar-refractivity contribution in [3.8, 4) is 22.6 Å². The number of benzene rings is 5. The highest BCUT2D eigenvalue weighted by Crippen LogP contribution is 2.57. The van der Waals surface area contributed by atoms with Gasteiger partial charge in [-0.15, -0.1) is 0 Å². The molecule has 0 aromatic heterocycles. The summed E-state index contributed by atoms with van der Waals surface area (Å²) in [7, 11) is 0. The second-order valence-corrected chi connectivity index (χ2v) is 10.8. The smallest absolute Gasteiger partial charge is 0.243 e. The zero-order valence-corrected chi connectivity index (χ0v) is 24.9. The van der Waals surface area contributed by atoms with Crippen LogP contribution in [0.25, 0.3) is 21.9 Å². The van der Waals surface area contributed by atoms with Gasteiger partial charge in [0.2, 0.25) is 11.8 Å². The Balaban J connectivity index is 1.41. The Kier molecular flexibility index (Phi) is 8.47. The van der Waals surface area contributed by atoms with Gasteiger partial charge in [-0.25, -0.2) is 0 Å². The van der Waals surface area contributed by atoms with Crippen molar-refractivity contribution in [2.45, 2.75) is 5.41 Å². The third-order valence-corrected chi connectivity index (χ3v) is 8.20. The minimum absolute atomic E-state index is 0.224. The predicted molar refractivity (Wildman–Crippen MR) is 179 cm³/mol. The van der Waals surface area contributed by atoms with E-state index in [0.717, 1.165) is 22.6 Å². The van der Waals surface area contributed by atoms with Crippen LogP contribution in [0, 0.1) is 0 Å². The number of carbonyl (C=O) groups is 2. The number of hydrogen-bond acceptors (Lipinski definition) is 4. The minimum atomic E-state index is -0.594. The Labute approximate surface area is 263 Å². The van der Waals surface area contributed by atoms with E-state index in [2.05, 4.69) is 109 Å². The molecule has 224 valence electrons. The molecule has 5 aromatic rings. The maximum absolute atomic E-state index is 11.5. The number of hydrogen-bond donors (Lipinski definition) is 2. The number of fused-ring (bicyclic) bond motifs is 4. The van der Waals surface area contributed by atoms with Gasteiger partial charge in [-0.05, 0) is 92.7 Å². The second kappa shape index (κ2) is 12.9. The predicted octanol–water partition coefficient (Wildman–Crippen LogP) is 6.56. The maximum Gasteiger partial charge on any atom is 0.243 e. The third-order valence-electron chi connectivity index (χ3n) is 8.20. The summed E-state index contributed by atoms with van der Waals surface area (Å²) in [5, 5.41) is 7.85. The average Bonchev–Trinajstić information content (AvgIpc) is 3.37. The summed E-state index contributed by atoms with van der Waals surface area (Å²) < 4.78 is 11.9. The molecule has 0 spiro atoms. The standard InChI is InChI=1S/C39H34N2O4/c1-3-37(42)40-21-23-44-31-17-13-29(14-18-31)39(30-15-19-32(20-16-30)45-24-22-41-38(43)4-2)35-12-8-7-11-33(35)34-25-27-9-5-6-10-28(27)26-36(34)39/h3-20,25-26H,1-2,21-24H2,(H,40,42)(H,41,43). The fourth-order valence-electron chi connectivity index (χ4n) is 6.19. The number of nitrogens with one attached hydrogen (secondary N) is 2. The van der Waals surface area contributed by atoms with Gasteiger partial charge < -0.3 is 20.1 Å². The molecule has 0 fully saturated rings. The highest BCUT2D eigenvalue weighted by atomic mass is 16.5. The molecule has 0 atom stereocenters. The van der Waals surface area contributed by atoms with Crippen molar-refractivity contribution in [2.24, 2.45) is 0 Å². The fourth-order valence-corrected chi connectivity index (χ4v) is 6.19. The molecule has 45 heavy (non-hydrogen) atoms. The zero-order chi connectivity index (χ0) is 31.2. The number of carbonyl (C=O) groups excluding carboxylic acids is 2. The van der Waals surface area contributed by atoms with Gasteiger partial charge in [0, 0.05) is 0 Å². The number of ether oxygens (including phenoxy) is 2. The van der Waals surface area contributed by atoms with Crippen molar-refractivity contribution in [1.29, 1.82) is 0 Å². The van der Waals surface area contributed by atoms with Crippen LogP contribution in [0.5, 0.6) is 11.5 Å². The summed E-state index contributed by atoms with van der Waals surface area (Å²) in [6, 6.07) is 38.2. The van der Waals surface area contributed by atoms with Crippen LogP contribution >= 0.6 is 0 Å². The highest BCUT2D eigenvalue weighted by molar-refractivity contribution is 5.96. The molecular formula is C39H34N2O4. The van der Waals surface area contributed by atoms with Crippen molar-refractivity contribution < 1.29 is 19.1 Å². The molecule has 6 heteroatoms. The first-order valence-electron chi connectivity index (χ1n) is 14.9. The lowest BCUT2D eigenvalue weighted by Gasteiger charge is -2.34. The van der Waals surface area contributed by atoms with Crippen molar-refractivity contribution >= 4 is 22.6 Å². The topological polar surface area (TPSA) is 76.7 Å². The van der Waals surface area contributed by atoms with E-state index in [-0.39, 0.29) is 11.8 Å². The molecule has 1 aliphatic carbocycles. The first-order chi connectivity index (χ1) is 22.0. The van der Waals surface area contributed by atoms with E-state index in [1.165, 1.54) is 45.2 Å². The van der Waals surface area contributed by atoms with Crippen LogP contribution in [0.4, 0.5) is 0 Å². The van der Waals surface area contributed by atoms with Gasteiger partial charge in [0.1, 0.15) is 24.7 Å². The van der Waals surface area contributed by atoms with Crippen LogP contribution in [-0.2, 0) is 15.0 Å².